The van der Waals surface area contributed by atoms with Crippen molar-refractivity contribution in [3.8, 4) is 11.8 Å². The SMILES string of the molecule is COC(=O)c1cccc(NC(=O)C(C)Oc2ccc(C#N)cc2)c1C. The van der Waals surface area contributed by atoms with E-state index in [1.54, 1.807) is 56.3 Å². The topological polar surface area (TPSA) is 88.4 Å². The van der Waals surface area contributed by atoms with Gasteiger partial charge in [0.1, 0.15) is 5.75 Å². The molecule has 0 fully saturated rings. The monoisotopic (exact) mass is 338 g/mol. The molecule has 0 aliphatic carbocycles. The standard InChI is InChI=1S/C19H18N2O4/c1-12-16(19(23)24-3)5-4-6-17(12)21-18(22)13(2)25-15-9-7-14(11-20)8-10-15/h4-10,13H,1-3H3,(H,21,22). The normalized spacial score (nSPS) is 11.1. The van der Waals surface area contributed by atoms with Crippen molar-refractivity contribution in [1.29, 1.82) is 5.26 Å². The largest absolute Gasteiger partial charge is 0.481 e. The van der Waals surface area contributed by atoms with Crippen LogP contribution in [-0.4, -0.2) is 25.1 Å². The molecule has 0 radical (unpaired) electrons. The van der Waals surface area contributed by atoms with Crippen LogP contribution in [0.15, 0.2) is 42.5 Å². The number of anilines is 1. The van der Waals surface area contributed by atoms with Crippen LogP contribution < -0.4 is 10.1 Å². The fourth-order valence-corrected chi connectivity index (χ4v) is 2.20. The number of nitrogens with one attached hydrogen (secondary N) is 1. The summed E-state index contributed by atoms with van der Waals surface area (Å²) in [5.74, 6) is -0.327. The minimum absolute atomic E-state index is 0.352. The van der Waals surface area contributed by atoms with E-state index in [4.69, 9.17) is 14.7 Å². The Hall–Kier alpha value is -3.33. The van der Waals surface area contributed by atoms with Crippen molar-refractivity contribution in [2.24, 2.45) is 0 Å². The van der Waals surface area contributed by atoms with Gasteiger partial charge in [0.25, 0.3) is 5.91 Å². The van der Waals surface area contributed by atoms with Crippen molar-refractivity contribution in [2.45, 2.75) is 20.0 Å². The number of methoxy groups -OCH3 is 1. The molecule has 0 aliphatic rings. The molecule has 128 valence electrons. The number of carbonyl (C=O) groups excluding carboxylic acids is 2. The van der Waals surface area contributed by atoms with Crippen LogP contribution >= 0.6 is 0 Å². The molecule has 6 heteroatoms. The highest BCUT2D eigenvalue weighted by atomic mass is 16.5. The van der Waals surface area contributed by atoms with Crippen molar-refractivity contribution in [3.05, 3.63) is 59.2 Å². The number of benzene rings is 2. The minimum atomic E-state index is -0.755. The van der Waals surface area contributed by atoms with E-state index >= 15 is 0 Å². The zero-order chi connectivity index (χ0) is 18.4. The second-order valence-electron chi connectivity index (χ2n) is 5.36. The van der Waals surface area contributed by atoms with E-state index in [1.165, 1.54) is 7.11 Å². The van der Waals surface area contributed by atoms with Gasteiger partial charge in [-0.3, -0.25) is 4.79 Å². The van der Waals surface area contributed by atoms with Gasteiger partial charge in [-0.25, -0.2) is 4.79 Å². The zero-order valence-electron chi connectivity index (χ0n) is 14.2. The maximum absolute atomic E-state index is 12.3. The Kier molecular flexibility index (Phi) is 5.75. The van der Waals surface area contributed by atoms with Crippen molar-refractivity contribution >= 4 is 17.6 Å². The Morgan fingerprint density at radius 1 is 1.16 bits per heavy atom. The molecule has 0 spiro atoms. The van der Waals surface area contributed by atoms with Crippen molar-refractivity contribution in [2.75, 3.05) is 12.4 Å². The highest BCUT2D eigenvalue weighted by molar-refractivity contribution is 5.98. The summed E-state index contributed by atoms with van der Waals surface area (Å²) in [6.07, 6.45) is -0.755. The predicted octanol–water partition coefficient (Wildman–Crippen LogP) is 3.06. The summed E-state index contributed by atoms with van der Waals surface area (Å²) in [7, 11) is 1.31. The smallest absolute Gasteiger partial charge is 0.338 e. The first-order valence-corrected chi connectivity index (χ1v) is 7.62. The molecule has 1 atom stereocenters. The van der Waals surface area contributed by atoms with Crippen LogP contribution in [-0.2, 0) is 9.53 Å². The molecule has 6 nitrogen and oxygen atoms in total. The van der Waals surface area contributed by atoms with Crippen LogP contribution in [0.5, 0.6) is 5.75 Å². The van der Waals surface area contributed by atoms with Gasteiger partial charge < -0.3 is 14.8 Å². The van der Waals surface area contributed by atoms with Gasteiger partial charge in [-0.05, 0) is 55.8 Å². The molecule has 1 unspecified atom stereocenters. The van der Waals surface area contributed by atoms with Crippen LogP contribution in [0.4, 0.5) is 5.69 Å². The van der Waals surface area contributed by atoms with Crippen molar-refractivity contribution in [3.63, 3.8) is 0 Å². The summed E-state index contributed by atoms with van der Waals surface area (Å²) in [4.78, 5) is 24.1. The second kappa shape index (κ2) is 7.97. The third-order valence-electron chi connectivity index (χ3n) is 3.66. The summed E-state index contributed by atoms with van der Waals surface area (Å²) in [6, 6.07) is 13.5. The molecule has 1 N–H and O–H groups in total. The molecule has 0 aromatic heterocycles. The van der Waals surface area contributed by atoms with E-state index in [-0.39, 0.29) is 5.91 Å². The van der Waals surface area contributed by atoms with Crippen LogP contribution in [0.2, 0.25) is 0 Å². The molecule has 0 saturated heterocycles. The van der Waals surface area contributed by atoms with E-state index in [0.717, 1.165) is 0 Å². The summed E-state index contributed by atoms with van der Waals surface area (Å²) < 4.78 is 10.3. The highest BCUT2D eigenvalue weighted by Crippen LogP contribution is 2.20. The van der Waals surface area contributed by atoms with Gasteiger partial charge in [-0.15, -0.1) is 0 Å². The molecular weight excluding hydrogens is 320 g/mol. The summed E-state index contributed by atoms with van der Waals surface area (Å²) in [5.41, 5.74) is 2.04. The molecule has 0 heterocycles. The average molecular weight is 338 g/mol. The lowest BCUT2D eigenvalue weighted by Crippen LogP contribution is -2.30. The predicted molar refractivity (Wildman–Crippen MR) is 92.4 cm³/mol. The van der Waals surface area contributed by atoms with E-state index < -0.39 is 12.1 Å². The Morgan fingerprint density at radius 3 is 2.44 bits per heavy atom. The van der Waals surface area contributed by atoms with Gasteiger partial charge in [-0.1, -0.05) is 6.07 Å². The first-order chi connectivity index (χ1) is 12.0. The molecule has 2 rings (SSSR count). The van der Waals surface area contributed by atoms with Gasteiger partial charge in [-0.2, -0.15) is 5.26 Å². The van der Waals surface area contributed by atoms with Crippen LogP contribution in [0.1, 0.15) is 28.4 Å². The summed E-state index contributed by atoms with van der Waals surface area (Å²) >= 11 is 0. The number of ether oxygens (including phenoxy) is 2. The molecule has 0 saturated carbocycles. The van der Waals surface area contributed by atoms with Gasteiger partial charge in [0.15, 0.2) is 6.10 Å². The Balaban J connectivity index is 2.08. The quantitative estimate of drug-likeness (QED) is 0.847. The maximum Gasteiger partial charge on any atom is 0.338 e. The maximum atomic E-state index is 12.3. The number of hydrogen-bond donors (Lipinski definition) is 1. The molecule has 0 bridgehead atoms. The molecule has 2 aromatic rings. The fraction of sp³-hybridized carbons (Fsp3) is 0.211. The molecule has 1 amide bonds. The number of nitriles is 1. The lowest BCUT2D eigenvalue weighted by molar-refractivity contribution is -0.122. The number of carbonyl (C=O) groups is 2. The van der Waals surface area contributed by atoms with Crippen molar-refractivity contribution in [1.82, 2.24) is 0 Å². The van der Waals surface area contributed by atoms with Gasteiger partial charge in [0.05, 0.1) is 24.3 Å². The number of rotatable bonds is 5. The molecule has 25 heavy (non-hydrogen) atoms. The van der Waals surface area contributed by atoms with Crippen LogP contribution in [0.3, 0.4) is 0 Å². The number of esters is 1. The van der Waals surface area contributed by atoms with Gasteiger partial charge in [0, 0.05) is 5.69 Å². The lowest BCUT2D eigenvalue weighted by Gasteiger charge is -2.16. The lowest BCUT2D eigenvalue weighted by atomic mass is 10.1. The van der Waals surface area contributed by atoms with Crippen molar-refractivity contribution < 1.29 is 19.1 Å². The van der Waals surface area contributed by atoms with Gasteiger partial charge in [0.2, 0.25) is 0 Å². The Labute approximate surface area is 146 Å². The van der Waals surface area contributed by atoms with Crippen LogP contribution in [0.25, 0.3) is 0 Å². The van der Waals surface area contributed by atoms with E-state index in [9.17, 15) is 9.59 Å². The third kappa shape index (κ3) is 4.36. The first-order valence-electron chi connectivity index (χ1n) is 7.62. The highest BCUT2D eigenvalue weighted by Gasteiger charge is 2.18. The van der Waals surface area contributed by atoms with E-state index in [1.807, 2.05) is 6.07 Å². The van der Waals surface area contributed by atoms with E-state index in [2.05, 4.69) is 5.32 Å². The number of hydrogen-bond acceptors (Lipinski definition) is 5. The average Bonchev–Trinajstić information content (AvgIpc) is 2.63. The summed E-state index contributed by atoms with van der Waals surface area (Å²) in [6.45, 7) is 3.35. The Morgan fingerprint density at radius 2 is 1.84 bits per heavy atom. The molecule has 0 aliphatic heterocycles. The second-order valence-corrected chi connectivity index (χ2v) is 5.36. The third-order valence-corrected chi connectivity index (χ3v) is 3.66. The molecular formula is C19H18N2O4. The minimum Gasteiger partial charge on any atom is -0.481 e. The number of nitrogens with zero attached hydrogens (tertiary/aromatic N) is 1. The fourth-order valence-electron chi connectivity index (χ4n) is 2.20. The molecule has 2 aromatic carbocycles. The van der Waals surface area contributed by atoms with Crippen LogP contribution in [0, 0.1) is 18.3 Å². The van der Waals surface area contributed by atoms with E-state index in [0.29, 0.717) is 28.1 Å². The summed E-state index contributed by atoms with van der Waals surface area (Å²) in [5, 5.41) is 11.5. The Bertz CT molecular complexity index is 822. The zero-order valence-corrected chi connectivity index (χ0v) is 14.2. The van der Waals surface area contributed by atoms with Gasteiger partial charge >= 0.3 is 5.97 Å². The number of amides is 1. The first kappa shape index (κ1) is 18.0.